The van der Waals surface area contributed by atoms with Gasteiger partial charge in [-0.15, -0.1) is 0 Å². The van der Waals surface area contributed by atoms with E-state index >= 15 is 0 Å². The average Bonchev–Trinajstić information content (AvgIpc) is 3.06. The first-order valence-corrected chi connectivity index (χ1v) is 7.09. The van der Waals surface area contributed by atoms with Crippen molar-refractivity contribution in [2.75, 3.05) is 39.4 Å². The van der Waals surface area contributed by atoms with Crippen LogP contribution in [0.5, 0.6) is 0 Å². The zero-order valence-corrected chi connectivity index (χ0v) is 11.5. The Morgan fingerprint density at radius 2 is 2.00 bits per heavy atom. The third-order valence-corrected chi connectivity index (χ3v) is 3.76. The Morgan fingerprint density at radius 3 is 2.68 bits per heavy atom. The summed E-state index contributed by atoms with van der Waals surface area (Å²) in [6.45, 7) is 5.55. The standard InChI is InChI=1S/C13H23N3O3/c1-2-14-11-9-19-8-10(11)13(18)15-7-12(17)16-5-3-4-6-16/h10-11,14H,2-9H2,1H3,(H,15,18). The fraction of sp³-hybridized carbons (Fsp3) is 0.846. The van der Waals surface area contributed by atoms with Crippen molar-refractivity contribution in [2.45, 2.75) is 25.8 Å². The quantitative estimate of drug-likeness (QED) is 0.696. The van der Waals surface area contributed by atoms with Crippen LogP contribution >= 0.6 is 0 Å². The second-order valence-corrected chi connectivity index (χ2v) is 5.11. The predicted octanol–water partition coefficient (Wildman–Crippen LogP) is -0.650. The summed E-state index contributed by atoms with van der Waals surface area (Å²) < 4.78 is 5.33. The number of likely N-dealkylation sites (tertiary alicyclic amines) is 1. The summed E-state index contributed by atoms with van der Waals surface area (Å²) >= 11 is 0. The minimum absolute atomic E-state index is 0.0183. The molecule has 2 atom stereocenters. The van der Waals surface area contributed by atoms with E-state index < -0.39 is 0 Å². The lowest BCUT2D eigenvalue weighted by Gasteiger charge is -2.19. The molecule has 6 heteroatoms. The highest BCUT2D eigenvalue weighted by Crippen LogP contribution is 2.14. The van der Waals surface area contributed by atoms with Crippen LogP contribution < -0.4 is 10.6 Å². The molecule has 2 amide bonds. The number of ether oxygens (including phenoxy) is 1. The van der Waals surface area contributed by atoms with E-state index in [1.165, 1.54) is 0 Å². The van der Waals surface area contributed by atoms with Crippen LogP contribution in [0, 0.1) is 5.92 Å². The number of carbonyl (C=O) groups excluding carboxylic acids is 2. The fourth-order valence-electron chi connectivity index (χ4n) is 2.65. The van der Waals surface area contributed by atoms with Crippen LogP contribution in [-0.4, -0.2) is 62.1 Å². The van der Waals surface area contributed by atoms with Gasteiger partial charge in [-0.05, 0) is 19.4 Å². The molecule has 0 aromatic heterocycles. The van der Waals surface area contributed by atoms with Crippen molar-refractivity contribution in [1.82, 2.24) is 15.5 Å². The first kappa shape index (κ1) is 14.3. The molecule has 0 bridgehead atoms. The Balaban J connectivity index is 1.75. The average molecular weight is 269 g/mol. The van der Waals surface area contributed by atoms with E-state index in [2.05, 4.69) is 10.6 Å². The molecule has 19 heavy (non-hydrogen) atoms. The smallest absolute Gasteiger partial charge is 0.241 e. The van der Waals surface area contributed by atoms with Gasteiger partial charge in [0.05, 0.1) is 25.7 Å². The minimum atomic E-state index is -0.189. The fourth-order valence-corrected chi connectivity index (χ4v) is 2.65. The SMILES string of the molecule is CCNC1COCC1C(=O)NCC(=O)N1CCCC1. The Hall–Kier alpha value is -1.14. The third-order valence-electron chi connectivity index (χ3n) is 3.76. The van der Waals surface area contributed by atoms with E-state index in [0.29, 0.717) is 13.2 Å². The summed E-state index contributed by atoms with van der Waals surface area (Å²) in [7, 11) is 0. The zero-order chi connectivity index (χ0) is 13.7. The number of hydrogen-bond acceptors (Lipinski definition) is 4. The third kappa shape index (κ3) is 3.67. The molecular weight excluding hydrogens is 246 g/mol. The highest BCUT2D eigenvalue weighted by Gasteiger charge is 2.33. The minimum Gasteiger partial charge on any atom is -0.379 e. The number of amides is 2. The van der Waals surface area contributed by atoms with E-state index in [4.69, 9.17) is 4.74 Å². The summed E-state index contributed by atoms with van der Waals surface area (Å²) in [6, 6.07) is 0.0619. The molecule has 0 aliphatic carbocycles. The van der Waals surface area contributed by atoms with Gasteiger partial charge in [0.2, 0.25) is 11.8 Å². The van der Waals surface area contributed by atoms with E-state index in [-0.39, 0.29) is 30.3 Å². The van der Waals surface area contributed by atoms with Gasteiger partial charge in [-0.1, -0.05) is 6.92 Å². The highest BCUT2D eigenvalue weighted by molar-refractivity contribution is 5.86. The van der Waals surface area contributed by atoms with Gasteiger partial charge in [0, 0.05) is 19.1 Å². The topological polar surface area (TPSA) is 70.7 Å². The molecule has 2 aliphatic rings. The zero-order valence-electron chi connectivity index (χ0n) is 11.5. The van der Waals surface area contributed by atoms with E-state index in [0.717, 1.165) is 32.5 Å². The first-order chi connectivity index (χ1) is 9.22. The lowest BCUT2D eigenvalue weighted by molar-refractivity contribution is -0.133. The van der Waals surface area contributed by atoms with Gasteiger partial charge in [-0.25, -0.2) is 0 Å². The van der Waals surface area contributed by atoms with Crippen molar-refractivity contribution < 1.29 is 14.3 Å². The van der Waals surface area contributed by atoms with Gasteiger partial charge in [-0.2, -0.15) is 0 Å². The van der Waals surface area contributed by atoms with Gasteiger partial charge < -0.3 is 20.3 Å². The summed E-state index contributed by atoms with van der Waals surface area (Å²) in [4.78, 5) is 25.7. The Labute approximate surface area is 113 Å². The predicted molar refractivity (Wildman–Crippen MR) is 70.6 cm³/mol. The van der Waals surface area contributed by atoms with Crippen LogP contribution in [0.4, 0.5) is 0 Å². The van der Waals surface area contributed by atoms with Gasteiger partial charge in [0.15, 0.2) is 0 Å². The Bertz CT molecular complexity index is 329. The molecule has 0 saturated carbocycles. The summed E-state index contributed by atoms with van der Waals surface area (Å²) in [5, 5.41) is 5.98. The normalized spacial score (nSPS) is 26.7. The summed E-state index contributed by atoms with van der Waals surface area (Å²) in [5.74, 6) is -0.257. The molecule has 2 aliphatic heterocycles. The van der Waals surface area contributed by atoms with Crippen LogP contribution in [0.25, 0.3) is 0 Å². The summed E-state index contributed by atoms with van der Waals surface area (Å²) in [5.41, 5.74) is 0. The molecule has 2 heterocycles. The molecule has 6 nitrogen and oxygen atoms in total. The van der Waals surface area contributed by atoms with Crippen molar-refractivity contribution in [1.29, 1.82) is 0 Å². The molecule has 0 spiro atoms. The van der Waals surface area contributed by atoms with Crippen molar-refractivity contribution in [3.05, 3.63) is 0 Å². The highest BCUT2D eigenvalue weighted by atomic mass is 16.5. The number of nitrogens with zero attached hydrogens (tertiary/aromatic N) is 1. The number of hydrogen-bond donors (Lipinski definition) is 2. The molecule has 2 N–H and O–H groups in total. The lowest BCUT2D eigenvalue weighted by atomic mass is 10.0. The van der Waals surface area contributed by atoms with Gasteiger partial charge in [0.25, 0.3) is 0 Å². The lowest BCUT2D eigenvalue weighted by Crippen LogP contribution is -2.46. The molecule has 2 unspecified atom stereocenters. The van der Waals surface area contributed by atoms with Gasteiger partial charge >= 0.3 is 0 Å². The monoisotopic (exact) mass is 269 g/mol. The maximum Gasteiger partial charge on any atom is 0.241 e. The van der Waals surface area contributed by atoms with Crippen molar-refractivity contribution in [3.8, 4) is 0 Å². The van der Waals surface area contributed by atoms with E-state index in [1.807, 2.05) is 11.8 Å². The van der Waals surface area contributed by atoms with Gasteiger partial charge in [0.1, 0.15) is 0 Å². The molecule has 108 valence electrons. The maximum atomic E-state index is 12.0. The molecule has 0 aromatic carbocycles. The van der Waals surface area contributed by atoms with Crippen molar-refractivity contribution in [2.24, 2.45) is 5.92 Å². The van der Waals surface area contributed by atoms with Crippen LogP contribution in [-0.2, 0) is 14.3 Å². The first-order valence-electron chi connectivity index (χ1n) is 7.09. The Kier molecular flexibility index (Phi) is 5.15. The maximum absolute atomic E-state index is 12.0. The summed E-state index contributed by atoms with van der Waals surface area (Å²) in [6.07, 6.45) is 2.14. The number of nitrogens with one attached hydrogen (secondary N) is 2. The van der Waals surface area contributed by atoms with E-state index in [1.54, 1.807) is 0 Å². The number of carbonyl (C=O) groups is 2. The second-order valence-electron chi connectivity index (χ2n) is 5.11. The van der Waals surface area contributed by atoms with Crippen molar-refractivity contribution >= 4 is 11.8 Å². The van der Waals surface area contributed by atoms with Crippen molar-refractivity contribution in [3.63, 3.8) is 0 Å². The van der Waals surface area contributed by atoms with Gasteiger partial charge in [-0.3, -0.25) is 9.59 Å². The molecule has 2 rings (SSSR count). The number of rotatable bonds is 5. The molecule has 0 aromatic rings. The molecule has 2 fully saturated rings. The van der Waals surface area contributed by atoms with Crippen LogP contribution in [0.3, 0.4) is 0 Å². The number of likely N-dealkylation sites (N-methyl/N-ethyl adjacent to an activating group) is 1. The van der Waals surface area contributed by atoms with Crippen LogP contribution in [0.15, 0.2) is 0 Å². The largest absolute Gasteiger partial charge is 0.379 e. The molecule has 2 saturated heterocycles. The molecular formula is C13H23N3O3. The Morgan fingerprint density at radius 1 is 1.26 bits per heavy atom. The van der Waals surface area contributed by atoms with Crippen LogP contribution in [0.1, 0.15) is 19.8 Å². The molecule has 0 radical (unpaired) electrons. The van der Waals surface area contributed by atoms with E-state index in [9.17, 15) is 9.59 Å². The second kappa shape index (κ2) is 6.86. The van der Waals surface area contributed by atoms with Crippen LogP contribution in [0.2, 0.25) is 0 Å².